The molecule has 3 N–H and O–H groups in total. The van der Waals surface area contributed by atoms with E-state index in [1.165, 1.54) is 32.2 Å². The SMILES string of the molecule is C.C#CCBr.C#CCOc1cc(Br)cc(F)c1F.COCCOCOc1c(F)c(F)c2oc(C)cc2c1Br.Cc1cc2c(Br)c(O)c(F)c(F)c2o1.Cc1cc2c(Br)cc(F)c(F)c2o1.Cc1cc2c(C=O)c(O)c(F)c(F)c2o1.ClCCl.Oc1cc(Br)cc(F)c1F.[Cs+].[F-]. The second-order valence-corrected chi connectivity index (χ2v) is 22.8. The summed E-state index contributed by atoms with van der Waals surface area (Å²) in [7, 11) is 1.53. The Morgan fingerprint density at radius 2 is 0.947 bits per heavy atom. The van der Waals surface area contributed by atoms with Gasteiger partial charge in [-0.3, -0.25) is 4.79 Å². The van der Waals surface area contributed by atoms with Gasteiger partial charge in [0, 0.05) is 42.1 Å². The average Bonchev–Trinajstić information content (AvgIpc) is 1.71. The van der Waals surface area contributed by atoms with E-state index >= 15 is 0 Å². The fraction of sp³-hybridized carbons (Fsp3) is 0.197. The van der Waals surface area contributed by atoms with Gasteiger partial charge in [0.1, 0.15) is 29.6 Å². The van der Waals surface area contributed by atoms with Crippen molar-refractivity contribution in [2.24, 2.45) is 0 Å². The van der Waals surface area contributed by atoms with E-state index in [-0.39, 0.29) is 155 Å². The Bertz CT molecular complexity index is 4230. The van der Waals surface area contributed by atoms with Crippen LogP contribution in [0.15, 0.2) is 94.6 Å². The molecule has 0 bridgehead atoms. The monoisotopic (exact) mass is 1890 g/mol. The van der Waals surface area contributed by atoms with Gasteiger partial charge in [0.25, 0.3) is 0 Å². The molecular formula is C61H46Br6Cl2CsF13O12. The molecule has 0 unspecified atom stereocenters. The van der Waals surface area contributed by atoms with Crippen molar-refractivity contribution in [3.8, 4) is 53.4 Å². The number of methoxy groups -OCH3 is 1. The van der Waals surface area contributed by atoms with Gasteiger partial charge in [0.2, 0.25) is 46.5 Å². The molecule has 0 saturated carbocycles. The summed E-state index contributed by atoms with van der Waals surface area (Å²) in [6, 6.07) is 11.6. The molecule has 0 aliphatic rings. The van der Waals surface area contributed by atoms with Crippen LogP contribution in [0.4, 0.5) is 52.7 Å². The summed E-state index contributed by atoms with van der Waals surface area (Å²) in [5.41, 5.74) is -1.03. The van der Waals surface area contributed by atoms with Crippen LogP contribution in [-0.2, 0) is 9.47 Å². The van der Waals surface area contributed by atoms with E-state index in [1.54, 1.807) is 32.9 Å². The quantitative estimate of drug-likeness (QED) is 0.0238. The minimum Gasteiger partial charge on any atom is -1.00 e. The number of carbonyl (C=O) groups excluding carboxylic acids is 1. The van der Waals surface area contributed by atoms with Crippen LogP contribution in [0.2, 0.25) is 0 Å². The Kier molecular flexibility index (Phi) is 42.1. The van der Waals surface area contributed by atoms with Crippen molar-refractivity contribution in [3.63, 3.8) is 0 Å². The van der Waals surface area contributed by atoms with Gasteiger partial charge in [-0.25, -0.2) is 13.2 Å². The molecular weight excluding hydrogens is 1850 g/mol. The van der Waals surface area contributed by atoms with Crippen LogP contribution in [-0.4, -0.2) is 66.0 Å². The van der Waals surface area contributed by atoms with Crippen LogP contribution in [0.3, 0.4) is 0 Å². The normalized spacial score (nSPS) is 9.97. The molecule has 0 aliphatic heterocycles. The molecule has 0 amide bonds. The van der Waals surface area contributed by atoms with Gasteiger partial charge in [-0.05, 0) is 130 Å². The van der Waals surface area contributed by atoms with E-state index in [0.717, 1.165) is 24.3 Å². The molecule has 0 fully saturated rings. The number of aryl methyl sites for hydroxylation is 4. The van der Waals surface area contributed by atoms with Crippen molar-refractivity contribution >= 4 is 169 Å². The molecule has 0 radical (unpaired) electrons. The van der Waals surface area contributed by atoms with E-state index in [2.05, 4.69) is 107 Å². The third kappa shape index (κ3) is 25.2. The number of benzene rings is 6. The number of fused-ring (bicyclic) bond motifs is 4. The summed E-state index contributed by atoms with van der Waals surface area (Å²) in [4.78, 5) is 10.6. The summed E-state index contributed by atoms with van der Waals surface area (Å²) in [6.45, 7) is 6.87. The summed E-state index contributed by atoms with van der Waals surface area (Å²) >= 11 is 27.7. The van der Waals surface area contributed by atoms with Gasteiger partial charge in [-0.1, -0.05) is 67.1 Å². The zero-order valence-electron chi connectivity index (χ0n) is 48.6. The molecule has 34 heteroatoms. The first kappa shape index (κ1) is 90.8. The number of aldehydes is 1. The van der Waals surface area contributed by atoms with E-state index in [4.69, 9.17) is 77.8 Å². The number of ether oxygens (including phenoxy) is 4. The van der Waals surface area contributed by atoms with Crippen molar-refractivity contribution in [1.82, 2.24) is 0 Å². The maximum absolute atomic E-state index is 13.9. The standard InChI is InChI=1S/C13H13BrF2O4.C10H6F2O3.C9H5BrF2O2.2C9H5BrF2O.C6H3BrF2O.C3H3Br.CH2Cl2.CH4.Cs.FH/c1-7-5-8-9(14)13(19-6-18-4-3-17-2)11(16)10(15)12(8)20-7;1-4-2-5-6(3-13)9(14)7(11)8(12)10(5)15-4;1-3-2-4-5(10)8(13)6(11)7(12)9(4)14-3;1-4-2-5-6(10)3-7(11)8(12)9(5)13-4;1-2-3-13-8-5-6(10)4-7(11)9(8)12;7-3-1-4(8)6(9)5(10)2-3;1-2-3-4;2-1-3;;;/h5H,3-4,6H2,1-2H3;2-3,14H,1H3;2,13H,1H3;2-3H,1H3;1,4-5H,3H2;1-2,10H;1H,3H2;1H2;1H4;;1H/q;;;;;;;;;+1;/p-1. The zero-order valence-corrected chi connectivity index (χ0v) is 65.9. The molecule has 4 aromatic heterocycles. The fourth-order valence-electron chi connectivity index (χ4n) is 6.92. The number of aromatic hydroxyl groups is 3. The second kappa shape index (κ2) is 44.0. The number of hydrogen-bond acceptors (Lipinski definition) is 12. The predicted octanol–water partition coefficient (Wildman–Crippen LogP) is 15.8. The van der Waals surface area contributed by atoms with Crippen LogP contribution in [0.5, 0.6) is 28.7 Å². The summed E-state index contributed by atoms with van der Waals surface area (Å²) in [5, 5.41) is 29.2. The van der Waals surface area contributed by atoms with Gasteiger partial charge in [0.15, 0.2) is 87.4 Å². The summed E-state index contributed by atoms with van der Waals surface area (Å²) in [5.74, 6) is -10.1. The van der Waals surface area contributed by atoms with E-state index in [0.29, 0.717) is 75.6 Å². The number of phenolic OH excluding ortho intramolecular Hbond substituents is 3. The number of furan rings is 4. The van der Waals surface area contributed by atoms with Crippen molar-refractivity contribution in [2.45, 2.75) is 35.1 Å². The first-order valence-corrected chi connectivity index (χ1v) is 30.7. The number of phenols is 3. The molecule has 0 aliphatic carbocycles. The Labute approximate surface area is 652 Å². The minimum absolute atomic E-state index is 0. The van der Waals surface area contributed by atoms with Gasteiger partial charge >= 0.3 is 68.9 Å². The third-order valence-electron chi connectivity index (χ3n) is 10.7. The number of alkyl halides is 3. The first-order valence-electron chi connectivity index (χ1n) is 24.6. The third-order valence-corrected chi connectivity index (χ3v) is 14.2. The van der Waals surface area contributed by atoms with Crippen molar-refractivity contribution in [1.29, 1.82) is 0 Å². The average molecular weight is 1900 g/mol. The number of terminal acetylenes is 2. The van der Waals surface area contributed by atoms with Gasteiger partial charge in [-0.2, -0.15) is 39.5 Å². The Balaban J connectivity index is 0.00000110. The fourth-order valence-corrected chi connectivity index (χ4v) is 9.29. The molecule has 0 saturated heterocycles. The molecule has 95 heavy (non-hydrogen) atoms. The Hall–Kier alpha value is -4.21. The van der Waals surface area contributed by atoms with Gasteiger partial charge in [0.05, 0.1) is 38.4 Å². The maximum Gasteiger partial charge on any atom is 1.00 e. The van der Waals surface area contributed by atoms with Gasteiger partial charge in [-0.15, -0.1) is 36.0 Å². The molecule has 4 heterocycles. The topological polar surface area (TPSA) is 167 Å². The van der Waals surface area contributed by atoms with Crippen LogP contribution in [0, 0.1) is 122 Å². The van der Waals surface area contributed by atoms with Crippen molar-refractivity contribution in [2.75, 3.05) is 44.4 Å². The summed E-state index contributed by atoms with van der Waals surface area (Å²) < 4.78 is 198. The van der Waals surface area contributed by atoms with Crippen LogP contribution in [0.1, 0.15) is 40.8 Å². The molecule has 10 rings (SSSR count). The molecule has 12 nitrogen and oxygen atoms in total. The molecule has 6 aromatic carbocycles. The second-order valence-electron chi connectivity index (χ2n) is 17.1. The number of carbonyl (C=O) groups is 1. The number of rotatable bonds is 9. The summed E-state index contributed by atoms with van der Waals surface area (Å²) in [6.07, 6.45) is 9.89. The van der Waals surface area contributed by atoms with Crippen molar-refractivity contribution < 1.29 is 183 Å². The Morgan fingerprint density at radius 1 is 0.537 bits per heavy atom. The predicted molar refractivity (Wildman–Crippen MR) is 349 cm³/mol. The Morgan fingerprint density at radius 3 is 1.41 bits per heavy atom. The molecule has 0 spiro atoms. The van der Waals surface area contributed by atoms with Gasteiger partial charge < -0.3 is 56.6 Å². The van der Waals surface area contributed by atoms with E-state index < -0.39 is 87.1 Å². The molecule has 10 aromatic rings. The smallest absolute Gasteiger partial charge is 1.00 e. The maximum atomic E-state index is 13.9. The molecule has 510 valence electrons. The van der Waals surface area contributed by atoms with E-state index in [9.17, 15) is 67.7 Å². The van der Waals surface area contributed by atoms with Crippen molar-refractivity contribution in [3.05, 3.63) is 175 Å². The van der Waals surface area contributed by atoms with Crippen LogP contribution in [0.25, 0.3) is 43.9 Å². The van der Waals surface area contributed by atoms with Crippen LogP contribution < -0.4 is 83.1 Å². The zero-order chi connectivity index (χ0) is 69.6. The molecule has 0 atom stereocenters. The van der Waals surface area contributed by atoms with Crippen LogP contribution >= 0.6 is 119 Å². The number of halogens is 21. The van der Waals surface area contributed by atoms with E-state index in [1.807, 2.05) is 0 Å². The first-order chi connectivity index (χ1) is 43.3. The minimum atomic E-state index is -1.47. The number of hydrogen-bond donors (Lipinski definition) is 3. The largest absolute Gasteiger partial charge is 1.00 e.